The predicted molar refractivity (Wildman–Crippen MR) is 81.6 cm³/mol. The molecule has 0 fully saturated rings. The molecule has 0 saturated carbocycles. The molecule has 0 saturated heterocycles. The maximum absolute atomic E-state index is 12.0. The molecule has 22 heavy (non-hydrogen) atoms. The van der Waals surface area contributed by atoms with Gasteiger partial charge in [-0.3, -0.25) is 8.98 Å². The zero-order valence-corrected chi connectivity index (χ0v) is 13.1. The Morgan fingerprint density at radius 3 is 2.14 bits per heavy atom. The van der Waals surface area contributed by atoms with Crippen molar-refractivity contribution in [3.63, 3.8) is 0 Å². The van der Waals surface area contributed by atoms with Crippen LogP contribution in [0.2, 0.25) is 0 Å². The highest BCUT2D eigenvalue weighted by atomic mass is 32.2. The van der Waals surface area contributed by atoms with Crippen molar-refractivity contribution in [2.24, 2.45) is 0 Å². The number of carbonyl (C=O) groups excluding carboxylic acids is 1. The largest absolute Gasteiger partial charge is 0.497 e. The third kappa shape index (κ3) is 3.93. The van der Waals surface area contributed by atoms with Crippen LogP contribution in [-0.2, 0) is 14.3 Å². The van der Waals surface area contributed by atoms with Gasteiger partial charge in [0.25, 0.3) is 10.1 Å². The molecule has 0 aliphatic carbocycles. The van der Waals surface area contributed by atoms with E-state index in [1.807, 2.05) is 6.92 Å². The molecule has 0 atom stereocenters. The van der Waals surface area contributed by atoms with Gasteiger partial charge in [-0.1, -0.05) is 17.7 Å². The van der Waals surface area contributed by atoms with Crippen LogP contribution in [0.15, 0.2) is 53.4 Å². The van der Waals surface area contributed by atoms with Crippen LogP contribution in [-0.4, -0.2) is 27.9 Å². The van der Waals surface area contributed by atoms with Crippen molar-refractivity contribution in [2.75, 3.05) is 13.7 Å². The normalized spacial score (nSPS) is 11.2. The molecular formula is C16H16O5S. The number of ketones is 1. The van der Waals surface area contributed by atoms with Gasteiger partial charge in [-0.25, -0.2) is 0 Å². The molecule has 0 heterocycles. The number of hydrogen-bond donors (Lipinski definition) is 0. The average molecular weight is 320 g/mol. The van der Waals surface area contributed by atoms with Crippen molar-refractivity contribution in [1.82, 2.24) is 0 Å². The van der Waals surface area contributed by atoms with Gasteiger partial charge in [-0.15, -0.1) is 0 Å². The quantitative estimate of drug-likeness (QED) is 0.604. The Balaban J connectivity index is 2.04. The van der Waals surface area contributed by atoms with Gasteiger partial charge in [0.15, 0.2) is 5.78 Å². The highest BCUT2D eigenvalue weighted by molar-refractivity contribution is 7.86. The van der Waals surface area contributed by atoms with Crippen molar-refractivity contribution >= 4 is 15.9 Å². The lowest BCUT2D eigenvalue weighted by atomic mass is 10.1. The Morgan fingerprint density at radius 1 is 1.00 bits per heavy atom. The maximum atomic E-state index is 12.0. The summed E-state index contributed by atoms with van der Waals surface area (Å²) >= 11 is 0. The zero-order valence-electron chi connectivity index (χ0n) is 12.3. The molecule has 0 bridgehead atoms. The lowest BCUT2D eigenvalue weighted by Gasteiger charge is -2.06. The van der Waals surface area contributed by atoms with Crippen LogP contribution >= 0.6 is 0 Å². The Labute approximate surface area is 129 Å². The molecule has 0 aromatic heterocycles. The Kier molecular flexibility index (Phi) is 4.95. The SMILES string of the molecule is COc1ccc(C(=O)COS(=O)(=O)c2ccc(C)cc2)cc1. The number of hydrogen-bond acceptors (Lipinski definition) is 5. The molecule has 2 rings (SSSR count). The number of methoxy groups -OCH3 is 1. The highest BCUT2D eigenvalue weighted by Crippen LogP contribution is 2.15. The van der Waals surface area contributed by atoms with Gasteiger partial charge in [0.1, 0.15) is 12.4 Å². The summed E-state index contributed by atoms with van der Waals surface area (Å²) in [6.45, 7) is 1.31. The van der Waals surface area contributed by atoms with Gasteiger partial charge in [0.2, 0.25) is 0 Å². The minimum Gasteiger partial charge on any atom is -0.497 e. The first-order chi connectivity index (χ1) is 10.4. The van der Waals surface area contributed by atoms with Gasteiger partial charge in [-0.05, 0) is 43.3 Å². The van der Waals surface area contributed by atoms with E-state index in [-0.39, 0.29) is 4.90 Å². The second-order valence-electron chi connectivity index (χ2n) is 4.68. The monoisotopic (exact) mass is 320 g/mol. The Bertz CT molecular complexity index is 746. The second kappa shape index (κ2) is 6.72. The molecule has 2 aromatic rings. The topological polar surface area (TPSA) is 69.7 Å². The third-order valence-corrected chi connectivity index (χ3v) is 4.34. The van der Waals surface area contributed by atoms with E-state index in [2.05, 4.69) is 0 Å². The highest BCUT2D eigenvalue weighted by Gasteiger charge is 2.17. The molecule has 2 aromatic carbocycles. The summed E-state index contributed by atoms with van der Waals surface area (Å²) in [5.74, 6) is 0.197. The summed E-state index contributed by atoms with van der Waals surface area (Å²) in [6, 6.07) is 12.6. The molecule has 5 nitrogen and oxygen atoms in total. The number of ether oxygens (including phenoxy) is 1. The minimum atomic E-state index is -3.94. The van der Waals surface area contributed by atoms with Crippen LogP contribution < -0.4 is 4.74 Å². The molecule has 0 amide bonds. The van der Waals surface area contributed by atoms with E-state index in [0.29, 0.717) is 11.3 Å². The number of benzene rings is 2. The third-order valence-electron chi connectivity index (χ3n) is 3.07. The maximum Gasteiger partial charge on any atom is 0.297 e. The summed E-state index contributed by atoms with van der Waals surface area (Å²) < 4.78 is 33.8. The molecule has 0 unspecified atom stereocenters. The van der Waals surface area contributed by atoms with Gasteiger partial charge in [-0.2, -0.15) is 8.42 Å². The fourth-order valence-corrected chi connectivity index (χ4v) is 2.63. The molecule has 0 aliphatic rings. The van der Waals surface area contributed by atoms with E-state index in [0.717, 1.165) is 5.56 Å². The summed E-state index contributed by atoms with van der Waals surface area (Å²) in [4.78, 5) is 12.0. The van der Waals surface area contributed by atoms with Crippen LogP contribution in [0.1, 0.15) is 15.9 Å². The van der Waals surface area contributed by atoms with Crippen LogP contribution in [0.3, 0.4) is 0 Å². The molecule has 0 aliphatic heterocycles. The zero-order chi connectivity index (χ0) is 16.2. The number of rotatable bonds is 6. The van der Waals surface area contributed by atoms with Gasteiger partial charge >= 0.3 is 0 Å². The average Bonchev–Trinajstić information content (AvgIpc) is 2.53. The van der Waals surface area contributed by atoms with Gasteiger partial charge in [0.05, 0.1) is 12.0 Å². The molecule has 6 heteroatoms. The lowest BCUT2D eigenvalue weighted by molar-refractivity contribution is 0.0924. The molecular weight excluding hydrogens is 304 g/mol. The molecule has 116 valence electrons. The van der Waals surface area contributed by atoms with Gasteiger partial charge < -0.3 is 4.74 Å². The lowest BCUT2D eigenvalue weighted by Crippen LogP contribution is -2.14. The molecule has 0 N–H and O–H groups in total. The van der Waals surface area contributed by atoms with E-state index in [1.165, 1.54) is 19.2 Å². The van der Waals surface area contributed by atoms with Crippen LogP contribution in [0, 0.1) is 6.92 Å². The smallest absolute Gasteiger partial charge is 0.297 e. The van der Waals surface area contributed by atoms with E-state index >= 15 is 0 Å². The van der Waals surface area contributed by atoms with E-state index in [9.17, 15) is 13.2 Å². The van der Waals surface area contributed by atoms with Crippen LogP contribution in [0.25, 0.3) is 0 Å². The summed E-state index contributed by atoms with van der Waals surface area (Å²) in [7, 11) is -2.42. The number of aryl methyl sites for hydroxylation is 1. The van der Waals surface area contributed by atoms with Crippen molar-refractivity contribution in [1.29, 1.82) is 0 Å². The van der Waals surface area contributed by atoms with Crippen LogP contribution in [0.4, 0.5) is 0 Å². The Hall–Kier alpha value is -2.18. The number of carbonyl (C=O) groups is 1. The van der Waals surface area contributed by atoms with Crippen LogP contribution in [0.5, 0.6) is 5.75 Å². The molecule has 0 spiro atoms. The first kappa shape index (κ1) is 16.2. The fourth-order valence-electron chi connectivity index (χ4n) is 1.76. The summed E-state index contributed by atoms with van der Waals surface area (Å²) in [6.07, 6.45) is 0. The molecule has 0 radical (unpaired) electrons. The van der Waals surface area contributed by atoms with E-state index in [1.54, 1.807) is 36.4 Å². The van der Waals surface area contributed by atoms with Gasteiger partial charge in [0, 0.05) is 5.56 Å². The Morgan fingerprint density at radius 2 is 1.59 bits per heavy atom. The standard InChI is InChI=1S/C16H16O5S/c1-12-3-9-15(10-4-12)22(18,19)21-11-16(17)13-5-7-14(20-2)8-6-13/h3-10H,11H2,1-2H3. The predicted octanol–water partition coefficient (Wildman–Crippen LogP) is 2.59. The second-order valence-corrected chi connectivity index (χ2v) is 6.30. The van der Waals surface area contributed by atoms with E-state index in [4.69, 9.17) is 8.92 Å². The van der Waals surface area contributed by atoms with Crippen molar-refractivity contribution < 1.29 is 22.1 Å². The summed E-state index contributed by atoms with van der Waals surface area (Å²) in [5.41, 5.74) is 1.30. The first-order valence-electron chi connectivity index (χ1n) is 6.56. The summed E-state index contributed by atoms with van der Waals surface area (Å²) in [5, 5.41) is 0. The van der Waals surface area contributed by atoms with Crippen molar-refractivity contribution in [3.8, 4) is 5.75 Å². The minimum absolute atomic E-state index is 0.0284. The fraction of sp³-hybridized carbons (Fsp3) is 0.188. The number of Topliss-reactive ketones (excluding diaryl/α,β-unsaturated/α-hetero) is 1. The van der Waals surface area contributed by atoms with E-state index < -0.39 is 22.5 Å². The van der Waals surface area contributed by atoms with Crippen molar-refractivity contribution in [3.05, 3.63) is 59.7 Å². The first-order valence-corrected chi connectivity index (χ1v) is 7.96. The van der Waals surface area contributed by atoms with Crippen molar-refractivity contribution in [2.45, 2.75) is 11.8 Å².